The van der Waals surface area contributed by atoms with E-state index in [2.05, 4.69) is 15.0 Å². The van der Waals surface area contributed by atoms with Crippen molar-refractivity contribution in [3.8, 4) is 0 Å². The zero-order valence-electron chi connectivity index (χ0n) is 12.5. The number of hydrogen-bond acceptors (Lipinski definition) is 3. The molecule has 0 aliphatic rings. The van der Waals surface area contributed by atoms with Crippen LogP contribution in [-0.4, -0.2) is 29.0 Å². The zero-order chi connectivity index (χ0) is 18.3. The summed E-state index contributed by atoms with van der Waals surface area (Å²) in [5.74, 6) is -0.380. The number of amides is 1. The van der Waals surface area contributed by atoms with E-state index >= 15 is 0 Å². The first-order chi connectivity index (χ1) is 11.0. The van der Waals surface area contributed by atoms with Crippen LogP contribution in [0, 0.1) is 0 Å². The molecule has 10 heteroatoms. The molecule has 0 spiro atoms. The number of fused-ring (bicyclic) bond motifs is 1. The molecule has 1 unspecified atom stereocenters. The lowest BCUT2D eigenvalue weighted by atomic mass is 9.94. The molecule has 24 heavy (non-hydrogen) atoms. The minimum absolute atomic E-state index is 0.0175. The fraction of sp³-hybridized carbons (Fsp3) is 0.357. The van der Waals surface area contributed by atoms with Gasteiger partial charge < -0.3 is 14.8 Å². The molecule has 0 saturated heterocycles. The summed E-state index contributed by atoms with van der Waals surface area (Å²) in [6.45, 7) is 2.12. The minimum atomic E-state index is -5.01. The van der Waals surface area contributed by atoms with Gasteiger partial charge in [0.1, 0.15) is 5.82 Å². The second-order valence-corrected chi connectivity index (χ2v) is 5.94. The predicted molar refractivity (Wildman–Crippen MR) is 84.6 cm³/mol. The number of nitrogens with one attached hydrogen (secondary N) is 2. The van der Waals surface area contributed by atoms with Gasteiger partial charge in [0.25, 0.3) is 0 Å². The van der Waals surface area contributed by atoms with Crippen LogP contribution in [0.3, 0.4) is 0 Å². The lowest BCUT2D eigenvalue weighted by Crippen LogP contribution is -2.39. The van der Waals surface area contributed by atoms with Crippen molar-refractivity contribution in [3.63, 3.8) is 0 Å². The number of H-pyrrole nitrogens is 1. The van der Waals surface area contributed by atoms with E-state index in [9.17, 15) is 23.1 Å². The highest BCUT2D eigenvalue weighted by atomic mass is 35.5. The Morgan fingerprint density at radius 1 is 1.38 bits per heavy atom. The molecule has 5 nitrogen and oxygen atoms in total. The van der Waals surface area contributed by atoms with E-state index < -0.39 is 23.4 Å². The van der Waals surface area contributed by atoms with Gasteiger partial charge in [-0.2, -0.15) is 13.2 Å². The number of alkyl halides is 3. The Hall–Kier alpha value is -1.64. The summed E-state index contributed by atoms with van der Waals surface area (Å²) in [7, 11) is 0. The van der Waals surface area contributed by atoms with Gasteiger partial charge in [0.15, 0.2) is 5.60 Å². The fourth-order valence-corrected chi connectivity index (χ4v) is 2.77. The third kappa shape index (κ3) is 3.26. The van der Waals surface area contributed by atoms with Gasteiger partial charge >= 0.3 is 12.3 Å². The summed E-state index contributed by atoms with van der Waals surface area (Å²) < 4.78 is 44.6. The predicted octanol–water partition coefficient (Wildman–Crippen LogP) is 4.81. The Bertz CT molecular complexity index is 788. The van der Waals surface area contributed by atoms with Gasteiger partial charge in [-0.25, -0.2) is 4.79 Å². The topological polar surface area (TPSA) is 74.3 Å². The van der Waals surface area contributed by atoms with Crippen LogP contribution in [-0.2, 0) is 10.3 Å². The highest BCUT2D eigenvalue weighted by Crippen LogP contribution is 2.46. The van der Waals surface area contributed by atoms with Crippen LogP contribution in [0.25, 0.3) is 10.9 Å². The number of hydrogen-bond donors (Lipinski definition) is 3. The highest BCUT2D eigenvalue weighted by molar-refractivity contribution is 6.38. The summed E-state index contributed by atoms with van der Waals surface area (Å²) in [6.07, 6.45) is -5.99. The van der Waals surface area contributed by atoms with E-state index in [0.717, 1.165) is 0 Å². The monoisotopic (exact) mass is 384 g/mol. The Kier molecular flexibility index (Phi) is 4.94. The summed E-state index contributed by atoms with van der Waals surface area (Å²) >= 11 is 11.8. The van der Waals surface area contributed by atoms with Crippen LogP contribution in [0.4, 0.5) is 23.8 Å². The number of rotatable bonds is 3. The van der Waals surface area contributed by atoms with Crippen molar-refractivity contribution in [2.45, 2.75) is 25.6 Å². The fourth-order valence-electron chi connectivity index (χ4n) is 2.23. The molecule has 1 aromatic carbocycles. The SMILES string of the molecule is CCOC(=O)Nc1[nH]c2c(Cl)cc(Cl)cc2c1C(C)(O)C(F)(F)F. The maximum absolute atomic E-state index is 13.3. The van der Waals surface area contributed by atoms with Crippen molar-refractivity contribution < 1.29 is 27.8 Å². The number of ether oxygens (including phenoxy) is 1. The van der Waals surface area contributed by atoms with Crippen molar-refractivity contribution in [3.05, 3.63) is 27.7 Å². The molecule has 3 N–H and O–H groups in total. The lowest BCUT2D eigenvalue weighted by molar-refractivity contribution is -0.258. The van der Waals surface area contributed by atoms with Gasteiger partial charge in [-0.1, -0.05) is 23.2 Å². The average Bonchev–Trinajstić information content (AvgIpc) is 2.76. The van der Waals surface area contributed by atoms with E-state index in [1.165, 1.54) is 19.1 Å². The van der Waals surface area contributed by atoms with Gasteiger partial charge in [0.05, 0.1) is 17.1 Å². The molecule has 0 saturated carbocycles. The molecular weight excluding hydrogens is 372 g/mol. The molecule has 0 aliphatic carbocycles. The largest absolute Gasteiger partial charge is 0.450 e. The molecule has 1 heterocycles. The van der Waals surface area contributed by atoms with Crippen LogP contribution in [0.2, 0.25) is 10.0 Å². The zero-order valence-corrected chi connectivity index (χ0v) is 14.0. The van der Waals surface area contributed by atoms with E-state index in [1.54, 1.807) is 0 Å². The van der Waals surface area contributed by atoms with Crippen molar-refractivity contribution in [1.29, 1.82) is 0 Å². The van der Waals surface area contributed by atoms with Crippen LogP contribution >= 0.6 is 23.2 Å². The molecule has 0 fully saturated rings. The van der Waals surface area contributed by atoms with Crippen molar-refractivity contribution >= 4 is 46.0 Å². The third-order valence-electron chi connectivity index (χ3n) is 3.37. The first kappa shape index (κ1) is 18.7. The number of aliphatic hydroxyl groups is 1. The maximum atomic E-state index is 13.3. The molecule has 1 amide bonds. The number of aromatic amines is 1. The molecule has 1 atom stereocenters. The summed E-state index contributed by atoms with van der Waals surface area (Å²) in [4.78, 5) is 14.2. The van der Waals surface area contributed by atoms with Gasteiger partial charge in [-0.3, -0.25) is 5.32 Å². The quantitative estimate of drug-likeness (QED) is 0.710. The van der Waals surface area contributed by atoms with Crippen LogP contribution in [0.15, 0.2) is 12.1 Å². The lowest BCUT2D eigenvalue weighted by Gasteiger charge is -2.27. The number of aromatic nitrogens is 1. The number of halogens is 5. The van der Waals surface area contributed by atoms with E-state index in [4.69, 9.17) is 23.2 Å². The van der Waals surface area contributed by atoms with Crippen molar-refractivity contribution in [2.24, 2.45) is 0 Å². The Morgan fingerprint density at radius 3 is 2.54 bits per heavy atom. The average molecular weight is 385 g/mol. The third-order valence-corrected chi connectivity index (χ3v) is 3.88. The molecule has 0 bridgehead atoms. The first-order valence-electron chi connectivity index (χ1n) is 6.73. The van der Waals surface area contributed by atoms with E-state index in [1.807, 2.05) is 0 Å². The molecule has 0 radical (unpaired) electrons. The number of carbonyl (C=O) groups is 1. The smallest absolute Gasteiger partial charge is 0.421 e. The second kappa shape index (κ2) is 6.34. The van der Waals surface area contributed by atoms with E-state index in [0.29, 0.717) is 6.92 Å². The normalized spacial score (nSPS) is 14.5. The molecule has 1 aromatic heterocycles. The minimum Gasteiger partial charge on any atom is -0.450 e. The molecule has 2 aromatic rings. The van der Waals surface area contributed by atoms with Crippen molar-refractivity contribution in [1.82, 2.24) is 4.98 Å². The summed E-state index contributed by atoms with van der Waals surface area (Å²) in [6, 6.07) is 2.54. The first-order valence-corrected chi connectivity index (χ1v) is 7.48. The van der Waals surface area contributed by atoms with E-state index in [-0.39, 0.29) is 33.4 Å². The molecule has 132 valence electrons. The summed E-state index contributed by atoms with van der Waals surface area (Å²) in [5, 5.41) is 12.3. The molecule has 2 rings (SSSR count). The number of benzene rings is 1. The Balaban J connectivity index is 2.75. The Morgan fingerprint density at radius 2 is 2.00 bits per heavy atom. The van der Waals surface area contributed by atoms with Crippen LogP contribution in [0.5, 0.6) is 0 Å². The van der Waals surface area contributed by atoms with Crippen molar-refractivity contribution in [2.75, 3.05) is 11.9 Å². The Labute approximate surface area is 144 Å². The van der Waals surface area contributed by atoms with Gasteiger partial charge in [-0.05, 0) is 26.0 Å². The van der Waals surface area contributed by atoms with Gasteiger partial charge in [-0.15, -0.1) is 0 Å². The maximum Gasteiger partial charge on any atom is 0.421 e. The van der Waals surface area contributed by atoms with Gasteiger partial charge in [0, 0.05) is 16.0 Å². The highest BCUT2D eigenvalue weighted by Gasteiger charge is 2.53. The number of anilines is 1. The van der Waals surface area contributed by atoms with Crippen LogP contribution in [0.1, 0.15) is 19.4 Å². The standard InChI is InChI=1S/C14H13Cl2F3N2O3/c1-3-24-12(22)21-11-9(13(2,23)14(17,18)19)7-4-6(15)5-8(16)10(7)20-11/h4-5,20,23H,3H2,1-2H3,(H,21,22). The molecule has 0 aliphatic heterocycles. The second-order valence-electron chi connectivity index (χ2n) is 5.10. The van der Waals surface area contributed by atoms with Gasteiger partial charge in [0.2, 0.25) is 0 Å². The summed E-state index contributed by atoms with van der Waals surface area (Å²) in [5.41, 5.74) is -3.79. The number of carbonyl (C=O) groups excluding carboxylic acids is 1. The van der Waals surface area contributed by atoms with Crippen LogP contribution < -0.4 is 5.32 Å². The molecular formula is C14H13Cl2F3N2O3.